The number of nitrogens with zero attached hydrogens (tertiary/aromatic N) is 2. The van der Waals surface area contributed by atoms with E-state index >= 15 is 0 Å². The van der Waals surface area contributed by atoms with E-state index in [0.29, 0.717) is 37.7 Å². The van der Waals surface area contributed by atoms with Crippen molar-refractivity contribution in [2.24, 2.45) is 5.92 Å². The van der Waals surface area contributed by atoms with Gasteiger partial charge in [0.2, 0.25) is 11.8 Å². The Morgan fingerprint density at radius 3 is 2.50 bits per heavy atom. The van der Waals surface area contributed by atoms with Crippen LogP contribution in [0.1, 0.15) is 35.6 Å². The molecule has 2 aromatic carbocycles. The van der Waals surface area contributed by atoms with Crippen LogP contribution in [-0.4, -0.2) is 59.7 Å². The zero-order valence-electron chi connectivity index (χ0n) is 21.6. The molecule has 0 aliphatic carbocycles. The van der Waals surface area contributed by atoms with E-state index in [1.807, 2.05) is 4.90 Å². The normalized spacial score (nSPS) is 22.2. The van der Waals surface area contributed by atoms with Crippen LogP contribution >= 0.6 is 34.7 Å². The van der Waals surface area contributed by atoms with Crippen molar-refractivity contribution in [3.05, 3.63) is 67.6 Å². The van der Waals surface area contributed by atoms with E-state index < -0.39 is 17.1 Å². The Labute approximate surface area is 243 Å². The fourth-order valence-electron chi connectivity index (χ4n) is 5.59. The fourth-order valence-corrected chi connectivity index (χ4v) is 8.23. The first-order valence-electron chi connectivity index (χ1n) is 13.0. The van der Waals surface area contributed by atoms with E-state index in [4.69, 9.17) is 21.1 Å². The van der Waals surface area contributed by atoms with Crippen molar-refractivity contribution in [3.63, 3.8) is 0 Å². The molecule has 3 unspecified atom stereocenters. The molecule has 40 heavy (non-hydrogen) atoms. The molecule has 0 bridgehead atoms. The van der Waals surface area contributed by atoms with E-state index in [9.17, 15) is 19.2 Å². The Balaban J connectivity index is 1.32. The van der Waals surface area contributed by atoms with Crippen LogP contribution in [0.2, 0.25) is 5.02 Å². The van der Waals surface area contributed by atoms with Crippen molar-refractivity contribution in [2.45, 2.75) is 35.5 Å². The minimum Gasteiger partial charge on any atom is -0.493 e. The number of nitrogens with one attached hydrogen (secondary N) is 1. The number of piperidine rings is 1. The van der Waals surface area contributed by atoms with Crippen LogP contribution in [0, 0.1) is 5.92 Å². The van der Waals surface area contributed by atoms with Gasteiger partial charge in [-0.15, -0.1) is 0 Å². The Hall–Kier alpha value is -3.28. The summed E-state index contributed by atoms with van der Waals surface area (Å²) in [6.07, 6.45) is 3.12. The van der Waals surface area contributed by atoms with Crippen LogP contribution in [0.15, 0.2) is 52.3 Å². The summed E-state index contributed by atoms with van der Waals surface area (Å²) in [4.78, 5) is 58.7. The number of thioether (sulfide) groups is 1. The summed E-state index contributed by atoms with van der Waals surface area (Å²) in [5.74, 6) is -1.24. The monoisotopic (exact) mass is 599 g/mol. The number of rotatable bonds is 6. The first-order chi connectivity index (χ1) is 19.4. The standard InChI is InChI=1S/C28H26ClN3O6S2/c1-37-19-13-15(5-10-18(19)38-14-20(33)31-11-3-2-4-12-31)21-22-24(39-25-23(21)40-28(36)30-25)27(35)32(26(22)34)17-8-6-16(29)7-9-17/h5-10,13,21-22,24H,2-4,11-12,14H2,1H3,(H,30,36). The quantitative estimate of drug-likeness (QED) is 0.421. The van der Waals surface area contributed by atoms with Crippen LogP contribution in [0.25, 0.3) is 0 Å². The summed E-state index contributed by atoms with van der Waals surface area (Å²) >= 11 is 8.28. The second-order valence-corrected chi connectivity index (χ2v) is 12.5. The van der Waals surface area contributed by atoms with Gasteiger partial charge in [0.05, 0.1) is 23.7 Å². The number of halogens is 1. The molecule has 1 N–H and O–H groups in total. The summed E-state index contributed by atoms with van der Waals surface area (Å²) < 4.78 is 11.5. The van der Waals surface area contributed by atoms with Crippen LogP contribution < -0.4 is 19.2 Å². The summed E-state index contributed by atoms with van der Waals surface area (Å²) in [5, 5.41) is 0.376. The van der Waals surface area contributed by atoms with Gasteiger partial charge in [-0.1, -0.05) is 40.8 Å². The molecule has 208 valence electrons. The van der Waals surface area contributed by atoms with E-state index in [1.165, 1.54) is 23.8 Å². The molecule has 3 aliphatic heterocycles. The lowest BCUT2D eigenvalue weighted by atomic mass is 9.83. The van der Waals surface area contributed by atoms with Crippen molar-refractivity contribution < 1.29 is 23.9 Å². The lowest BCUT2D eigenvalue weighted by Crippen LogP contribution is -2.38. The van der Waals surface area contributed by atoms with E-state index in [-0.39, 0.29) is 29.2 Å². The van der Waals surface area contributed by atoms with Crippen molar-refractivity contribution in [3.8, 4) is 11.5 Å². The van der Waals surface area contributed by atoms with Gasteiger partial charge in [0, 0.05) is 28.9 Å². The lowest BCUT2D eigenvalue weighted by molar-refractivity contribution is -0.134. The zero-order valence-corrected chi connectivity index (χ0v) is 23.9. The van der Waals surface area contributed by atoms with E-state index in [0.717, 1.165) is 43.7 Å². The van der Waals surface area contributed by atoms with E-state index in [1.54, 1.807) is 42.5 Å². The second kappa shape index (κ2) is 10.9. The van der Waals surface area contributed by atoms with Crippen LogP contribution in [0.3, 0.4) is 0 Å². The molecule has 3 amide bonds. The number of hydrogen-bond donors (Lipinski definition) is 1. The average Bonchev–Trinajstić information content (AvgIpc) is 3.46. The van der Waals surface area contributed by atoms with Gasteiger partial charge >= 0.3 is 4.87 Å². The van der Waals surface area contributed by atoms with Gasteiger partial charge in [-0.05, 0) is 61.2 Å². The molecule has 2 saturated heterocycles. The summed E-state index contributed by atoms with van der Waals surface area (Å²) in [5.41, 5.74) is 1.15. The third-order valence-corrected chi connectivity index (χ3v) is 10.2. The maximum Gasteiger partial charge on any atom is 0.305 e. The second-order valence-electron chi connectivity index (χ2n) is 9.88. The number of anilines is 1. The van der Waals surface area contributed by atoms with Crippen molar-refractivity contribution in [1.29, 1.82) is 0 Å². The molecule has 0 radical (unpaired) electrons. The first-order valence-corrected chi connectivity index (χ1v) is 15.0. The van der Waals surface area contributed by atoms with Crippen molar-refractivity contribution >= 4 is 58.1 Å². The number of fused-ring (bicyclic) bond motifs is 2. The molecule has 6 rings (SSSR count). The molecular weight excluding hydrogens is 574 g/mol. The first kappa shape index (κ1) is 26.9. The van der Waals surface area contributed by atoms with E-state index in [2.05, 4.69) is 4.98 Å². The molecule has 0 spiro atoms. The molecule has 3 atom stereocenters. The van der Waals surface area contributed by atoms with Crippen LogP contribution in [0.5, 0.6) is 11.5 Å². The highest BCUT2D eigenvalue weighted by molar-refractivity contribution is 8.00. The number of carbonyl (C=O) groups excluding carboxylic acids is 3. The molecule has 2 fully saturated rings. The van der Waals surface area contributed by atoms with Gasteiger partial charge in [-0.2, -0.15) is 0 Å². The molecule has 3 aliphatic rings. The van der Waals surface area contributed by atoms with Gasteiger partial charge in [0.15, 0.2) is 18.1 Å². The number of amides is 3. The SMILES string of the molecule is COc1cc(C2c3sc(=O)[nH]c3SC3C(=O)N(c4ccc(Cl)cc4)C(=O)C32)ccc1OCC(=O)N1CCCCC1. The Morgan fingerprint density at radius 2 is 1.77 bits per heavy atom. The topological polar surface area (TPSA) is 109 Å². The number of methoxy groups -OCH3 is 1. The third kappa shape index (κ3) is 4.80. The maximum atomic E-state index is 13.9. The predicted molar refractivity (Wildman–Crippen MR) is 153 cm³/mol. The highest BCUT2D eigenvalue weighted by Gasteiger charge is 2.56. The summed E-state index contributed by atoms with van der Waals surface area (Å²) in [7, 11) is 1.50. The number of benzene rings is 2. The van der Waals surface area contributed by atoms with Gasteiger partial charge in [0.1, 0.15) is 5.25 Å². The average molecular weight is 600 g/mol. The highest BCUT2D eigenvalue weighted by Crippen LogP contribution is 2.53. The molecule has 9 nitrogen and oxygen atoms in total. The molecule has 12 heteroatoms. The van der Waals surface area contributed by atoms with Crippen LogP contribution in [0.4, 0.5) is 5.69 Å². The van der Waals surface area contributed by atoms with Gasteiger partial charge in [-0.25, -0.2) is 4.90 Å². The Morgan fingerprint density at radius 1 is 1.02 bits per heavy atom. The molecule has 0 saturated carbocycles. The number of thiazole rings is 1. The number of H-pyrrole nitrogens is 1. The number of hydrogen-bond acceptors (Lipinski definition) is 8. The van der Waals surface area contributed by atoms with Gasteiger partial charge in [-0.3, -0.25) is 19.2 Å². The van der Waals surface area contributed by atoms with Crippen molar-refractivity contribution in [1.82, 2.24) is 9.88 Å². The lowest BCUT2D eigenvalue weighted by Gasteiger charge is -2.30. The predicted octanol–water partition coefficient (Wildman–Crippen LogP) is 4.29. The third-order valence-electron chi connectivity index (χ3n) is 7.52. The molecule has 1 aromatic heterocycles. The highest BCUT2D eigenvalue weighted by atomic mass is 35.5. The van der Waals surface area contributed by atoms with Crippen molar-refractivity contribution in [2.75, 3.05) is 31.7 Å². The number of carbonyl (C=O) groups is 3. The number of aromatic nitrogens is 1. The molecule has 3 aromatic rings. The number of imide groups is 1. The molecular formula is C28H26ClN3O6S2. The smallest absolute Gasteiger partial charge is 0.305 e. The summed E-state index contributed by atoms with van der Waals surface area (Å²) in [6.45, 7) is 1.37. The number of aromatic amines is 1. The Kier molecular flexibility index (Phi) is 7.37. The maximum absolute atomic E-state index is 13.9. The van der Waals surface area contributed by atoms with Crippen LogP contribution in [-0.2, 0) is 14.4 Å². The zero-order chi connectivity index (χ0) is 28.0. The fraction of sp³-hybridized carbons (Fsp3) is 0.357. The Bertz CT molecular complexity index is 1530. The van der Waals surface area contributed by atoms with Gasteiger partial charge in [0.25, 0.3) is 5.91 Å². The minimum absolute atomic E-state index is 0.0722. The minimum atomic E-state index is -0.732. The largest absolute Gasteiger partial charge is 0.493 e. The number of likely N-dealkylation sites (tertiary alicyclic amines) is 1. The molecule has 4 heterocycles. The summed E-state index contributed by atoms with van der Waals surface area (Å²) in [6, 6.07) is 11.8. The van der Waals surface area contributed by atoms with Gasteiger partial charge < -0.3 is 19.4 Å². The number of ether oxygens (including phenoxy) is 2.